The summed E-state index contributed by atoms with van der Waals surface area (Å²) in [5.41, 5.74) is 1.22. The van der Waals surface area contributed by atoms with Gasteiger partial charge in [-0.05, 0) is 17.7 Å². The van der Waals surface area contributed by atoms with E-state index in [1.165, 1.54) is 5.56 Å². The summed E-state index contributed by atoms with van der Waals surface area (Å²) in [6.45, 7) is 7.45. The summed E-state index contributed by atoms with van der Waals surface area (Å²) in [5.74, 6) is 2.65. The van der Waals surface area contributed by atoms with E-state index in [1.54, 1.807) is 0 Å². The minimum absolute atomic E-state index is 0. The molecule has 116 valence electrons. The molecule has 0 bridgehead atoms. The molecule has 1 aromatic carbocycles. The number of hydrogen-bond donors (Lipinski definition) is 1. The molecule has 1 N–H and O–H groups in total. The maximum atomic E-state index is 5.45. The van der Waals surface area contributed by atoms with E-state index in [-0.39, 0.29) is 29.4 Å². The second-order valence-electron chi connectivity index (χ2n) is 5.93. The lowest BCUT2D eigenvalue weighted by Crippen LogP contribution is -2.42. The Morgan fingerprint density at radius 2 is 2.05 bits per heavy atom. The Morgan fingerprint density at radius 3 is 2.76 bits per heavy atom. The highest BCUT2D eigenvalue weighted by molar-refractivity contribution is 14.0. The Labute approximate surface area is 142 Å². The molecule has 1 aromatic rings. The molecule has 21 heavy (non-hydrogen) atoms. The first-order valence-corrected chi connectivity index (χ1v) is 6.96. The number of ether oxygens (including phenoxy) is 2. The predicted octanol–water partition coefficient (Wildman–Crippen LogP) is 2.20. The van der Waals surface area contributed by atoms with Crippen LogP contribution in [-0.2, 0) is 5.41 Å². The monoisotopic (exact) mass is 403 g/mol. The smallest absolute Gasteiger partial charge is 0.231 e. The van der Waals surface area contributed by atoms with Crippen molar-refractivity contribution in [2.45, 2.75) is 19.3 Å². The summed E-state index contributed by atoms with van der Waals surface area (Å²) in [6, 6.07) is 6.16. The van der Waals surface area contributed by atoms with Crippen LogP contribution in [0.2, 0.25) is 0 Å². The van der Waals surface area contributed by atoms with Gasteiger partial charge in [-0.15, -0.1) is 24.0 Å². The topological polar surface area (TPSA) is 46.1 Å². The number of guanidine groups is 1. The van der Waals surface area contributed by atoms with E-state index in [9.17, 15) is 0 Å². The van der Waals surface area contributed by atoms with Crippen molar-refractivity contribution in [3.05, 3.63) is 23.8 Å². The molecule has 6 heteroatoms. The fourth-order valence-corrected chi connectivity index (χ4v) is 2.44. The molecular weight excluding hydrogens is 381 g/mol. The number of fused-ring (bicyclic) bond motifs is 1. The summed E-state index contributed by atoms with van der Waals surface area (Å²) < 4.78 is 10.8. The average molecular weight is 403 g/mol. The minimum Gasteiger partial charge on any atom is -0.454 e. The number of nitrogens with zero attached hydrogens (tertiary/aromatic N) is 2. The number of rotatable bonds is 3. The van der Waals surface area contributed by atoms with Crippen LogP contribution in [0.5, 0.6) is 11.5 Å². The Hall–Kier alpha value is -1.18. The molecular formula is C15H22IN3O2. The Balaban J connectivity index is 0.00000161. The molecule has 0 radical (unpaired) electrons. The van der Waals surface area contributed by atoms with Crippen LogP contribution in [-0.4, -0.2) is 44.3 Å². The quantitative estimate of drug-likeness (QED) is 0.787. The lowest BCUT2D eigenvalue weighted by molar-refractivity contribution is 0.174. The highest BCUT2D eigenvalue weighted by Crippen LogP contribution is 2.36. The summed E-state index contributed by atoms with van der Waals surface area (Å²) >= 11 is 0. The van der Waals surface area contributed by atoms with Gasteiger partial charge >= 0.3 is 0 Å². The van der Waals surface area contributed by atoms with Crippen LogP contribution in [0.3, 0.4) is 0 Å². The van der Waals surface area contributed by atoms with E-state index in [0.717, 1.165) is 37.1 Å². The van der Waals surface area contributed by atoms with Crippen LogP contribution < -0.4 is 14.8 Å². The normalized spacial score (nSPS) is 16.5. The number of benzene rings is 1. The van der Waals surface area contributed by atoms with Crippen molar-refractivity contribution in [1.29, 1.82) is 0 Å². The molecule has 0 aliphatic carbocycles. The van der Waals surface area contributed by atoms with Gasteiger partial charge in [-0.2, -0.15) is 0 Å². The molecule has 0 saturated heterocycles. The summed E-state index contributed by atoms with van der Waals surface area (Å²) in [5, 5.41) is 3.44. The molecule has 0 atom stereocenters. The first-order chi connectivity index (χ1) is 9.56. The van der Waals surface area contributed by atoms with E-state index in [2.05, 4.69) is 48.2 Å². The molecule has 0 fully saturated rings. The van der Waals surface area contributed by atoms with Crippen LogP contribution >= 0.6 is 24.0 Å². The second-order valence-corrected chi connectivity index (χ2v) is 5.93. The Morgan fingerprint density at radius 1 is 1.29 bits per heavy atom. The zero-order valence-corrected chi connectivity index (χ0v) is 15.0. The van der Waals surface area contributed by atoms with Crippen molar-refractivity contribution in [2.24, 2.45) is 4.99 Å². The fraction of sp³-hybridized carbons (Fsp3) is 0.533. The Kier molecular flexibility index (Phi) is 4.85. The van der Waals surface area contributed by atoms with E-state index < -0.39 is 0 Å². The zero-order chi connectivity index (χ0) is 14.2. The van der Waals surface area contributed by atoms with Gasteiger partial charge in [0.25, 0.3) is 0 Å². The van der Waals surface area contributed by atoms with Crippen molar-refractivity contribution in [3.63, 3.8) is 0 Å². The number of aliphatic imine (C=N–C) groups is 1. The third kappa shape index (κ3) is 3.36. The average Bonchev–Trinajstić information content (AvgIpc) is 3.04. The fourth-order valence-electron chi connectivity index (χ4n) is 2.44. The van der Waals surface area contributed by atoms with Gasteiger partial charge in [-0.25, -0.2) is 0 Å². The second kappa shape index (κ2) is 6.29. The molecule has 3 rings (SSSR count). The highest BCUT2D eigenvalue weighted by Gasteiger charge is 2.25. The first-order valence-electron chi connectivity index (χ1n) is 6.96. The highest BCUT2D eigenvalue weighted by atomic mass is 127. The van der Waals surface area contributed by atoms with Gasteiger partial charge in [0.15, 0.2) is 17.5 Å². The largest absolute Gasteiger partial charge is 0.454 e. The van der Waals surface area contributed by atoms with E-state index in [4.69, 9.17) is 9.47 Å². The maximum Gasteiger partial charge on any atom is 0.231 e. The van der Waals surface area contributed by atoms with Gasteiger partial charge in [0.2, 0.25) is 6.79 Å². The summed E-state index contributed by atoms with van der Waals surface area (Å²) in [4.78, 5) is 6.61. The third-order valence-electron chi connectivity index (χ3n) is 3.90. The lowest BCUT2D eigenvalue weighted by Gasteiger charge is -2.27. The third-order valence-corrected chi connectivity index (χ3v) is 3.90. The maximum absolute atomic E-state index is 5.45. The SMILES string of the molecule is CN1CCN=C1NCC(C)(C)c1ccc2c(c1)OCO2.I. The predicted molar refractivity (Wildman–Crippen MR) is 93.9 cm³/mol. The number of nitrogens with one attached hydrogen (secondary N) is 1. The van der Waals surface area contributed by atoms with Crippen LogP contribution in [0, 0.1) is 0 Å². The molecule has 0 amide bonds. The Bertz CT molecular complexity index is 546. The lowest BCUT2D eigenvalue weighted by atomic mass is 9.84. The first kappa shape index (κ1) is 16.2. The van der Waals surface area contributed by atoms with Gasteiger partial charge in [-0.1, -0.05) is 19.9 Å². The van der Waals surface area contributed by atoms with Crippen LogP contribution in [0.15, 0.2) is 23.2 Å². The van der Waals surface area contributed by atoms with Gasteiger partial charge in [-0.3, -0.25) is 4.99 Å². The van der Waals surface area contributed by atoms with Crippen LogP contribution in [0.25, 0.3) is 0 Å². The van der Waals surface area contributed by atoms with Gasteiger partial charge in [0, 0.05) is 25.6 Å². The molecule has 0 spiro atoms. The number of hydrogen-bond acceptors (Lipinski definition) is 5. The van der Waals surface area contributed by atoms with Gasteiger partial charge in [0.1, 0.15) is 0 Å². The molecule has 5 nitrogen and oxygen atoms in total. The van der Waals surface area contributed by atoms with Crippen LogP contribution in [0.4, 0.5) is 0 Å². The summed E-state index contributed by atoms with van der Waals surface area (Å²) in [6.07, 6.45) is 0. The van der Waals surface area contributed by atoms with Crippen molar-refractivity contribution >= 4 is 29.9 Å². The molecule has 0 saturated carbocycles. The van der Waals surface area contributed by atoms with E-state index >= 15 is 0 Å². The molecule has 2 aliphatic rings. The molecule has 2 heterocycles. The van der Waals surface area contributed by atoms with Crippen molar-refractivity contribution in [3.8, 4) is 11.5 Å². The van der Waals surface area contributed by atoms with Crippen molar-refractivity contribution in [1.82, 2.24) is 10.2 Å². The zero-order valence-electron chi connectivity index (χ0n) is 12.7. The molecule has 0 aromatic heterocycles. The molecule has 2 aliphatic heterocycles. The number of halogens is 1. The number of likely N-dealkylation sites (N-methyl/N-ethyl adjacent to an activating group) is 1. The van der Waals surface area contributed by atoms with Crippen molar-refractivity contribution in [2.75, 3.05) is 33.5 Å². The molecule has 0 unspecified atom stereocenters. The standard InChI is InChI=1S/C15H21N3O2.HI/c1-15(2,9-17-14-16-6-7-18(14)3)11-4-5-12-13(8-11)20-10-19-12;/h4-5,8H,6-7,9-10H2,1-3H3,(H,16,17);1H. The van der Waals surface area contributed by atoms with Crippen molar-refractivity contribution < 1.29 is 9.47 Å². The van der Waals surface area contributed by atoms with E-state index in [1.807, 2.05) is 6.07 Å². The van der Waals surface area contributed by atoms with Crippen LogP contribution in [0.1, 0.15) is 19.4 Å². The minimum atomic E-state index is -0.00701. The summed E-state index contributed by atoms with van der Waals surface area (Å²) in [7, 11) is 2.06. The van der Waals surface area contributed by atoms with Gasteiger partial charge in [0.05, 0.1) is 6.54 Å². The van der Waals surface area contributed by atoms with E-state index in [0.29, 0.717) is 6.79 Å². The van der Waals surface area contributed by atoms with Gasteiger partial charge < -0.3 is 19.7 Å².